The molecular formula is C12H20N6O2. The number of ether oxygens (including phenoxy) is 2. The highest BCUT2D eigenvalue weighted by molar-refractivity contribution is 5.83. The molecule has 2 aromatic heterocycles. The summed E-state index contributed by atoms with van der Waals surface area (Å²) in [5, 5.41) is 6.31. The van der Waals surface area contributed by atoms with Crippen LogP contribution in [0.2, 0.25) is 0 Å². The number of fused-ring (bicyclic) bond motifs is 1. The fourth-order valence-electron chi connectivity index (χ4n) is 1.68. The van der Waals surface area contributed by atoms with Crippen LogP contribution in [0.25, 0.3) is 11.2 Å². The Bertz CT molecular complexity index is 530. The Morgan fingerprint density at radius 2 is 2.10 bits per heavy atom. The van der Waals surface area contributed by atoms with Gasteiger partial charge in [-0.2, -0.15) is 9.97 Å². The maximum atomic E-state index is 5.39. The van der Waals surface area contributed by atoms with Crippen LogP contribution in [0, 0.1) is 0 Å². The smallest absolute Gasteiger partial charge is 0.226 e. The molecule has 0 aliphatic carbocycles. The van der Waals surface area contributed by atoms with Crippen LogP contribution in [-0.2, 0) is 9.47 Å². The van der Waals surface area contributed by atoms with E-state index >= 15 is 0 Å². The van der Waals surface area contributed by atoms with Crippen molar-refractivity contribution in [3.05, 3.63) is 6.33 Å². The lowest BCUT2D eigenvalue weighted by Crippen LogP contribution is -2.14. The van der Waals surface area contributed by atoms with Crippen LogP contribution in [0.5, 0.6) is 0 Å². The maximum absolute atomic E-state index is 5.39. The Balaban J connectivity index is 1.95. The molecule has 8 heteroatoms. The molecule has 110 valence electrons. The van der Waals surface area contributed by atoms with Gasteiger partial charge in [-0.3, -0.25) is 0 Å². The number of hydrogen-bond donors (Lipinski definition) is 3. The molecule has 0 spiro atoms. The van der Waals surface area contributed by atoms with Crippen molar-refractivity contribution in [3.63, 3.8) is 0 Å². The molecule has 2 rings (SSSR count). The number of H-pyrrole nitrogens is 1. The Labute approximate surface area is 117 Å². The number of rotatable bonds is 9. The van der Waals surface area contributed by atoms with Gasteiger partial charge in [0.25, 0.3) is 0 Å². The third kappa shape index (κ3) is 3.78. The van der Waals surface area contributed by atoms with Crippen molar-refractivity contribution in [1.29, 1.82) is 0 Å². The molecule has 2 heterocycles. The average Bonchev–Trinajstić information content (AvgIpc) is 2.91. The van der Waals surface area contributed by atoms with Gasteiger partial charge in [-0.25, -0.2) is 4.98 Å². The van der Waals surface area contributed by atoms with Gasteiger partial charge in [-0.1, -0.05) is 0 Å². The Hall–Kier alpha value is -1.93. The van der Waals surface area contributed by atoms with E-state index < -0.39 is 0 Å². The van der Waals surface area contributed by atoms with E-state index in [4.69, 9.17) is 9.47 Å². The molecule has 0 radical (unpaired) electrons. The van der Waals surface area contributed by atoms with E-state index in [1.54, 1.807) is 13.4 Å². The van der Waals surface area contributed by atoms with Crippen LogP contribution in [0.15, 0.2) is 6.33 Å². The molecule has 0 bridgehead atoms. The second kappa shape index (κ2) is 7.61. The Kier molecular flexibility index (Phi) is 5.51. The minimum absolute atomic E-state index is 0.565. The summed E-state index contributed by atoms with van der Waals surface area (Å²) in [4.78, 5) is 15.9. The molecule has 2 aromatic rings. The number of aromatic nitrogens is 4. The van der Waals surface area contributed by atoms with Crippen LogP contribution in [0.4, 0.5) is 11.8 Å². The van der Waals surface area contributed by atoms with E-state index in [0.717, 1.165) is 17.9 Å². The van der Waals surface area contributed by atoms with Gasteiger partial charge < -0.3 is 25.1 Å². The summed E-state index contributed by atoms with van der Waals surface area (Å²) in [6.07, 6.45) is 1.61. The SMILES string of the molecule is CCNc1nc(NCCOCCOC)c2[nH]cnc2n1. The minimum Gasteiger partial charge on any atom is -0.382 e. The number of methoxy groups -OCH3 is 1. The number of hydrogen-bond acceptors (Lipinski definition) is 7. The van der Waals surface area contributed by atoms with E-state index in [1.807, 2.05) is 6.92 Å². The molecule has 8 nitrogen and oxygen atoms in total. The summed E-state index contributed by atoms with van der Waals surface area (Å²) >= 11 is 0. The summed E-state index contributed by atoms with van der Waals surface area (Å²) in [5.74, 6) is 1.29. The predicted molar refractivity (Wildman–Crippen MR) is 77.0 cm³/mol. The zero-order valence-corrected chi connectivity index (χ0v) is 11.8. The van der Waals surface area contributed by atoms with E-state index in [0.29, 0.717) is 38.0 Å². The summed E-state index contributed by atoms with van der Waals surface area (Å²) in [6, 6.07) is 0. The van der Waals surface area contributed by atoms with E-state index in [2.05, 4.69) is 30.6 Å². The fraction of sp³-hybridized carbons (Fsp3) is 0.583. The third-order valence-electron chi connectivity index (χ3n) is 2.59. The minimum atomic E-state index is 0.565. The second-order valence-electron chi connectivity index (χ2n) is 4.06. The molecule has 20 heavy (non-hydrogen) atoms. The van der Waals surface area contributed by atoms with Gasteiger partial charge in [0, 0.05) is 20.2 Å². The van der Waals surface area contributed by atoms with Gasteiger partial charge in [-0.15, -0.1) is 0 Å². The molecule has 0 unspecified atom stereocenters. The summed E-state index contributed by atoms with van der Waals surface area (Å²) < 4.78 is 10.3. The molecular weight excluding hydrogens is 260 g/mol. The summed E-state index contributed by atoms with van der Waals surface area (Å²) in [7, 11) is 1.65. The van der Waals surface area contributed by atoms with Crippen molar-refractivity contribution < 1.29 is 9.47 Å². The predicted octanol–water partition coefficient (Wildman–Crippen LogP) is 0.860. The van der Waals surface area contributed by atoms with E-state index in [9.17, 15) is 0 Å². The van der Waals surface area contributed by atoms with E-state index in [-0.39, 0.29) is 0 Å². The van der Waals surface area contributed by atoms with E-state index in [1.165, 1.54) is 0 Å². The number of nitrogens with zero attached hydrogens (tertiary/aromatic N) is 3. The summed E-state index contributed by atoms with van der Waals surface area (Å²) in [6.45, 7) is 5.18. The Morgan fingerprint density at radius 1 is 1.20 bits per heavy atom. The monoisotopic (exact) mass is 280 g/mol. The fourth-order valence-corrected chi connectivity index (χ4v) is 1.68. The first kappa shape index (κ1) is 14.5. The van der Waals surface area contributed by atoms with Crippen molar-refractivity contribution in [2.24, 2.45) is 0 Å². The number of nitrogens with one attached hydrogen (secondary N) is 3. The number of aromatic amines is 1. The van der Waals surface area contributed by atoms with Gasteiger partial charge in [-0.05, 0) is 6.92 Å². The Morgan fingerprint density at radius 3 is 2.90 bits per heavy atom. The van der Waals surface area contributed by atoms with Crippen molar-refractivity contribution in [2.45, 2.75) is 6.92 Å². The molecule has 0 aliphatic rings. The van der Waals surface area contributed by atoms with Gasteiger partial charge in [0.05, 0.1) is 26.1 Å². The van der Waals surface area contributed by atoms with Crippen LogP contribution in [-0.4, -0.2) is 60.0 Å². The molecule has 0 saturated carbocycles. The molecule has 0 saturated heterocycles. The van der Waals surface area contributed by atoms with Gasteiger partial charge in [0.15, 0.2) is 11.5 Å². The zero-order chi connectivity index (χ0) is 14.2. The van der Waals surface area contributed by atoms with Gasteiger partial charge in [0.1, 0.15) is 5.52 Å². The van der Waals surface area contributed by atoms with Crippen LogP contribution in [0.3, 0.4) is 0 Å². The molecule has 0 fully saturated rings. The van der Waals surface area contributed by atoms with Crippen molar-refractivity contribution in [3.8, 4) is 0 Å². The molecule has 0 aromatic carbocycles. The molecule has 0 aliphatic heterocycles. The zero-order valence-electron chi connectivity index (χ0n) is 11.8. The quantitative estimate of drug-likeness (QED) is 0.586. The highest BCUT2D eigenvalue weighted by Crippen LogP contribution is 2.18. The average molecular weight is 280 g/mol. The molecule has 3 N–H and O–H groups in total. The highest BCUT2D eigenvalue weighted by atomic mass is 16.5. The standard InChI is InChI=1S/C12H20N6O2/c1-3-13-12-17-10(9-11(18-12)16-8-15-9)14-4-5-20-7-6-19-2/h8H,3-7H2,1-2H3,(H3,13,14,15,16,17,18). The largest absolute Gasteiger partial charge is 0.382 e. The second-order valence-corrected chi connectivity index (χ2v) is 4.06. The highest BCUT2D eigenvalue weighted by Gasteiger charge is 2.08. The van der Waals surface area contributed by atoms with Crippen molar-refractivity contribution >= 4 is 22.9 Å². The molecule has 0 amide bonds. The van der Waals surface area contributed by atoms with Gasteiger partial charge in [0.2, 0.25) is 5.95 Å². The van der Waals surface area contributed by atoms with Crippen molar-refractivity contribution in [1.82, 2.24) is 19.9 Å². The van der Waals surface area contributed by atoms with Gasteiger partial charge >= 0.3 is 0 Å². The first-order chi connectivity index (χ1) is 9.85. The van der Waals surface area contributed by atoms with Crippen LogP contribution in [0.1, 0.15) is 6.92 Å². The third-order valence-corrected chi connectivity index (χ3v) is 2.59. The topological polar surface area (TPSA) is 97.0 Å². The lowest BCUT2D eigenvalue weighted by molar-refractivity contribution is 0.0759. The summed E-state index contributed by atoms with van der Waals surface area (Å²) in [5.41, 5.74) is 1.43. The van der Waals surface area contributed by atoms with Crippen molar-refractivity contribution in [2.75, 3.05) is 50.7 Å². The van der Waals surface area contributed by atoms with Crippen LogP contribution >= 0.6 is 0 Å². The maximum Gasteiger partial charge on any atom is 0.226 e. The van der Waals surface area contributed by atoms with Crippen LogP contribution < -0.4 is 10.6 Å². The normalized spacial score (nSPS) is 10.9. The first-order valence-corrected chi connectivity index (χ1v) is 6.60. The lowest BCUT2D eigenvalue weighted by atomic mass is 10.4. The number of imidazole rings is 1. The molecule has 0 atom stereocenters. The number of anilines is 2. The lowest BCUT2D eigenvalue weighted by Gasteiger charge is -2.09. The first-order valence-electron chi connectivity index (χ1n) is 6.60.